The number of likely N-dealkylation sites (tertiary alicyclic amines) is 1. The standard InChI is InChI=1S/C21H19N5O2/c27-18(16-6-10-22-11-7-16)25-12-8-21(14-25)9-13-26-19(28)17(23-24-20(21)26)15-4-2-1-3-5-15/h1-7,10-11H,8-9,12-14H2/t21-/m1/s1. The van der Waals surface area contributed by atoms with Gasteiger partial charge in [-0.25, -0.2) is 0 Å². The lowest BCUT2D eigenvalue weighted by Gasteiger charge is -2.23. The summed E-state index contributed by atoms with van der Waals surface area (Å²) in [5, 5.41) is 8.74. The van der Waals surface area contributed by atoms with Crippen LogP contribution in [0.2, 0.25) is 0 Å². The lowest BCUT2D eigenvalue weighted by molar-refractivity contribution is 0.0783. The van der Waals surface area contributed by atoms with E-state index in [0.717, 1.165) is 18.4 Å². The fraction of sp³-hybridized carbons (Fsp3) is 0.286. The number of benzene rings is 1. The highest BCUT2D eigenvalue weighted by atomic mass is 16.2. The Hall–Kier alpha value is -3.35. The van der Waals surface area contributed by atoms with Gasteiger partial charge in [0.2, 0.25) is 0 Å². The summed E-state index contributed by atoms with van der Waals surface area (Å²) >= 11 is 0. The molecular formula is C21H19N5O2. The van der Waals surface area contributed by atoms with Crippen molar-refractivity contribution in [2.75, 3.05) is 13.1 Å². The minimum Gasteiger partial charge on any atom is -0.338 e. The smallest absolute Gasteiger partial charge is 0.280 e. The summed E-state index contributed by atoms with van der Waals surface area (Å²) in [6, 6.07) is 12.9. The number of nitrogens with zero attached hydrogens (tertiary/aromatic N) is 5. The third-order valence-electron chi connectivity index (χ3n) is 5.85. The van der Waals surface area contributed by atoms with Crippen molar-refractivity contribution in [3.05, 3.63) is 76.6 Å². The zero-order valence-electron chi connectivity index (χ0n) is 15.3. The number of aromatic nitrogens is 4. The second-order valence-electron chi connectivity index (χ2n) is 7.44. The van der Waals surface area contributed by atoms with Crippen molar-refractivity contribution < 1.29 is 4.79 Å². The quantitative estimate of drug-likeness (QED) is 0.685. The predicted molar refractivity (Wildman–Crippen MR) is 103 cm³/mol. The summed E-state index contributed by atoms with van der Waals surface area (Å²) in [7, 11) is 0. The molecule has 7 nitrogen and oxygen atoms in total. The van der Waals surface area contributed by atoms with Gasteiger partial charge >= 0.3 is 0 Å². The van der Waals surface area contributed by atoms with E-state index in [1.165, 1.54) is 0 Å². The van der Waals surface area contributed by atoms with Gasteiger partial charge in [-0.2, -0.15) is 0 Å². The lowest BCUT2D eigenvalue weighted by Crippen LogP contribution is -2.35. The van der Waals surface area contributed by atoms with Crippen molar-refractivity contribution in [3.63, 3.8) is 0 Å². The fourth-order valence-corrected chi connectivity index (χ4v) is 4.34. The summed E-state index contributed by atoms with van der Waals surface area (Å²) in [5.74, 6) is 0.705. The average molecular weight is 373 g/mol. The van der Waals surface area contributed by atoms with E-state index in [4.69, 9.17) is 0 Å². The molecular weight excluding hydrogens is 354 g/mol. The Bertz CT molecular complexity index is 1100. The Labute approximate surface area is 161 Å². The molecule has 2 aromatic heterocycles. The summed E-state index contributed by atoms with van der Waals surface area (Å²) in [6.07, 6.45) is 4.85. The molecule has 0 saturated carbocycles. The summed E-state index contributed by atoms with van der Waals surface area (Å²) < 4.78 is 1.75. The topological polar surface area (TPSA) is 81.0 Å². The van der Waals surface area contributed by atoms with Crippen LogP contribution in [-0.4, -0.2) is 43.6 Å². The van der Waals surface area contributed by atoms with E-state index < -0.39 is 0 Å². The van der Waals surface area contributed by atoms with Crippen molar-refractivity contribution in [3.8, 4) is 11.3 Å². The third kappa shape index (κ3) is 2.54. The molecule has 5 rings (SSSR count). The largest absolute Gasteiger partial charge is 0.338 e. The second-order valence-corrected chi connectivity index (χ2v) is 7.44. The number of hydrogen-bond acceptors (Lipinski definition) is 5. The monoisotopic (exact) mass is 373 g/mol. The Morgan fingerprint density at radius 1 is 0.964 bits per heavy atom. The van der Waals surface area contributed by atoms with Crippen LogP contribution in [0.25, 0.3) is 11.3 Å². The predicted octanol–water partition coefficient (Wildman–Crippen LogP) is 1.89. The van der Waals surface area contributed by atoms with E-state index in [1.807, 2.05) is 35.2 Å². The van der Waals surface area contributed by atoms with Crippen molar-refractivity contribution in [2.45, 2.75) is 24.8 Å². The highest BCUT2D eigenvalue weighted by Crippen LogP contribution is 2.41. The van der Waals surface area contributed by atoms with Crippen LogP contribution in [0, 0.1) is 0 Å². The SMILES string of the molecule is O=C(c1ccncc1)N1CC[C@@]2(CCn3c2nnc(-c2ccccc2)c3=O)C1. The molecule has 4 heterocycles. The first-order valence-electron chi connectivity index (χ1n) is 9.41. The number of carbonyl (C=O) groups excluding carboxylic acids is 1. The first kappa shape index (κ1) is 16.8. The van der Waals surface area contributed by atoms with Crippen LogP contribution in [0.4, 0.5) is 0 Å². The van der Waals surface area contributed by atoms with Gasteiger partial charge in [-0.1, -0.05) is 30.3 Å². The van der Waals surface area contributed by atoms with E-state index in [9.17, 15) is 9.59 Å². The molecule has 0 N–H and O–H groups in total. The van der Waals surface area contributed by atoms with Gasteiger partial charge in [-0.05, 0) is 25.0 Å². The molecule has 0 bridgehead atoms. The molecule has 140 valence electrons. The molecule has 3 aromatic rings. The highest BCUT2D eigenvalue weighted by Gasteiger charge is 2.48. The molecule has 2 aliphatic rings. The lowest BCUT2D eigenvalue weighted by atomic mass is 9.85. The summed E-state index contributed by atoms with van der Waals surface area (Å²) in [6.45, 7) is 1.82. The first-order chi connectivity index (χ1) is 13.7. The Morgan fingerprint density at radius 2 is 1.71 bits per heavy atom. The number of hydrogen-bond donors (Lipinski definition) is 0. The maximum absolute atomic E-state index is 13.0. The number of carbonyl (C=O) groups is 1. The van der Waals surface area contributed by atoms with Crippen LogP contribution in [0.3, 0.4) is 0 Å². The number of fused-ring (bicyclic) bond motifs is 2. The molecule has 1 aromatic carbocycles. The van der Waals surface area contributed by atoms with E-state index in [1.54, 1.807) is 29.1 Å². The van der Waals surface area contributed by atoms with E-state index >= 15 is 0 Å². The van der Waals surface area contributed by atoms with Gasteiger partial charge in [0.15, 0.2) is 5.69 Å². The van der Waals surface area contributed by atoms with Crippen molar-refractivity contribution in [1.29, 1.82) is 0 Å². The van der Waals surface area contributed by atoms with Gasteiger partial charge in [0.05, 0.1) is 5.41 Å². The van der Waals surface area contributed by atoms with Gasteiger partial charge < -0.3 is 4.90 Å². The molecule has 1 amide bonds. The zero-order chi connectivity index (χ0) is 19.1. The minimum atomic E-state index is -0.288. The zero-order valence-corrected chi connectivity index (χ0v) is 15.3. The van der Waals surface area contributed by atoms with Gasteiger partial charge in [0, 0.05) is 43.2 Å². The maximum Gasteiger partial charge on any atom is 0.280 e. The van der Waals surface area contributed by atoms with E-state index in [-0.39, 0.29) is 16.9 Å². The molecule has 7 heteroatoms. The Morgan fingerprint density at radius 3 is 2.50 bits per heavy atom. The summed E-state index contributed by atoms with van der Waals surface area (Å²) in [4.78, 5) is 31.6. The number of rotatable bonds is 2. The van der Waals surface area contributed by atoms with Crippen LogP contribution in [0.15, 0.2) is 59.7 Å². The van der Waals surface area contributed by atoms with Gasteiger partial charge in [-0.3, -0.25) is 19.1 Å². The maximum atomic E-state index is 13.0. The third-order valence-corrected chi connectivity index (χ3v) is 5.85. The van der Waals surface area contributed by atoms with Gasteiger partial charge in [0.25, 0.3) is 11.5 Å². The first-order valence-corrected chi connectivity index (χ1v) is 9.41. The van der Waals surface area contributed by atoms with E-state index in [0.29, 0.717) is 36.7 Å². The van der Waals surface area contributed by atoms with Crippen molar-refractivity contribution in [1.82, 2.24) is 24.6 Å². The molecule has 2 aliphatic heterocycles. The Kier molecular flexibility index (Phi) is 3.82. The summed E-state index contributed by atoms with van der Waals surface area (Å²) in [5.41, 5.74) is 1.39. The number of pyridine rings is 1. The molecule has 0 aliphatic carbocycles. The molecule has 1 atom stereocenters. The number of amides is 1. The highest BCUT2D eigenvalue weighted by molar-refractivity contribution is 5.94. The molecule has 28 heavy (non-hydrogen) atoms. The van der Waals surface area contributed by atoms with Crippen LogP contribution < -0.4 is 5.56 Å². The van der Waals surface area contributed by atoms with Crippen LogP contribution >= 0.6 is 0 Å². The molecule has 0 radical (unpaired) electrons. The normalized spacial score (nSPS) is 20.5. The molecule has 1 fully saturated rings. The molecule has 0 unspecified atom stereocenters. The minimum absolute atomic E-state index is 0.00561. The molecule has 1 saturated heterocycles. The average Bonchev–Trinajstić information content (AvgIpc) is 3.34. The Balaban J connectivity index is 1.47. The van der Waals surface area contributed by atoms with Crippen LogP contribution in [-0.2, 0) is 12.0 Å². The van der Waals surface area contributed by atoms with Crippen molar-refractivity contribution in [2.24, 2.45) is 0 Å². The second kappa shape index (κ2) is 6.37. The van der Waals surface area contributed by atoms with Gasteiger partial charge in [0.1, 0.15) is 5.82 Å². The van der Waals surface area contributed by atoms with Gasteiger partial charge in [-0.15, -0.1) is 10.2 Å². The fourth-order valence-electron chi connectivity index (χ4n) is 4.34. The molecule has 1 spiro atoms. The van der Waals surface area contributed by atoms with E-state index in [2.05, 4.69) is 15.2 Å². The van der Waals surface area contributed by atoms with Crippen LogP contribution in [0.1, 0.15) is 29.0 Å². The van der Waals surface area contributed by atoms with Crippen LogP contribution in [0.5, 0.6) is 0 Å². The van der Waals surface area contributed by atoms with Crippen molar-refractivity contribution >= 4 is 5.91 Å².